The largest absolute Gasteiger partial charge is 0.381 e. The molecule has 2 atom stereocenters. The molecule has 1 aromatic carbocycles. The van der Waals surface area contributed by atoms with Crippen LogP contribution in [0.4, 0.5) is 14.5 Å². The molecule has 42 heavy (non-hydrogen) atoms. The number of fused-ring (bicyclic) bond motifs is 3. The molecule has 2 saturated heterocycles. The number of nitrogens with zero attached hydrogens (tertiary/aromatic N) is 7. The van der Waals surface area contributed by atoms with Gasteiger partial charge in [-0.2, -0.15) is 0 Å². The van der Waals surface area contributed by atoms with Gasteiger partial charge in [-0.25, -0.2) is 13.8 Å². The predicted molar refractivity (Wildman–Crippen MR) is 164 cm³/mol. The summed E-state index contributed by atoms with van der Waals surface area (Å²) < 4.78 is 36.7. The Hall–Kier alpha value is -2.82. The average molecular weight is 602 g/mol. The van der Waals surface area contributed by atoms with Gasteiger partial charge < -0.3 is 14.2 Å². The molecule has 8 nitrogen and oxygen atoms in total. The maximum atomic E-state index is 13.9. The SMILES string of the molecule is C1CCOC1.CC.Cc1nc2c(N3CCN(C(c4ccc(Cl)cc4)C4CC(F)(F)C4)CC3C)cc3nncn3c2n1C. The summed E-state index contributed by atoms with van der Waals surface area (Å²) in [5, 5.41) is 9.06. The van der Waals surface area contributed by atoms with Gasteiger partial charge in [0.15, 0.2) is 5.65 Å². The third kappa shape index (κ3) is 6.12. The molecule has 0 radical (unpaired) electrons. The van der Waals surface area contributed by atoms with E-state index in [0.29, 0.717) is 5.02 Å². The number of aryl methyl sites for hydroxylation is 2. The van der Waals surface area contributed by atoms with Crippen LogP contribution in [0.3, 0.4) is 0 Å². The van der Waals surface area contributed by atoms with Gasteiger partial charge >= 0.3 is 0 Å². The van der Waals surface area contributed by atoms with Crippen molar-refractivity contribution in [2.75, 3.05) is 37.7 Å². The zero-order chi connectivity index (χ0) is 30.0. The monoisotopic (exact) mass is 601 g/mol. The first-order valence-corrected chi connectivity index (χ1v) is 15.5. The summed E-state index contributed by atoms with van der Waals surface area (Å²) in [7, 11) is 2.00. The number of alkyl halides is 2. The van der Waals surface area contributed by atoms with E-state index in [2.05, 4.69) is 37.6 Å². The number of ether oxygens (including phenoxy) is 1. The third-order valence-corrected chi connectivity index (χ3v) is 8.82. The molecule has 0 N–H and O–H groups in total. The summed E-state index contributed by atoms with van der Waals surface area (Å²) in [5.74, 6) is -1.70. The highest BCUT2D eigenvalue weighted by atomic mass is 35.5. The van der Waals surface area contributed by atoms with E-state index in [9.17, 15) is 8.78 Å². The Morgan fingerprint density at radius 2 is 1.76 bits per heavy atom. The lowest BCUT2D eigenvalue weighted by molar-refractivity contribution is -0.133. The van der Waals surface area contributed by atoms with Crippen LogP contribution in [0.1, 0.15) is 63.9 Å². The molecule has 228 valence electrons. The van der Waals surface area contributed by atoms with Gasteiger partial charge in [0.2, 0.25) is 5.92 Å². The Morgan fingerprint density at radius 3 is 2.36 bits per heavy atom. The van der Waals surface area contributed by atoms with E-state index in [1.165, 1.54) is 12.8 Å². The fraction of sp³-hybridized carbons (Fsp3) is 0.581. The van der Waals surface area contributed by atoms with Crippen LogP contribution in [0.15, 0.2) is 36.7 Å². The van der Waals surface area contributed by atoms with Crippen molar-refractivity contribution in [3.05, 3.63) is 53.1 Å². The summed E-state index contributed by atoms with van der Waals surface area (Å²) >= 11 is 6.12. The Morgan fingerprint density at radius 1 is 1.07 bits per heavy atom. The Kier molecular flexibility index (Phi) is 9.34. The smallest absolute Gasteiger partial charge is 0.248 e. The van der Waals surface area contributed by atoms with Gasteiger partial charge in [0.1, 0.15) is 23.3 Å². The zero-order valence-electron chi connectivity index (χ0n) is 25.2. The molecule has 5 heterocycles. The molecule has 7 rings (SSSR count). The van der Waals surface area contributed by atoms with E-state index in [1.807, 2.05) is 56.5 Å². The molecular formula is C31H42ClF2N7O. The molecule has 0 spiro atoms. The molecule has 1 saturated carbocycles. The van der Waals surface area contributed by atoms with E-state index >= 15 is 0 Å². The van der Waals surface area contributed by atoms with Crippen LogP contribution in [0, 0.1) is 12.8 Å². The topological polar surface area (TPSA) is 63.7 Å². The minimum atomic E-state index is -2.56. The minimum absolute atomic E-state index is 0.0485. The molecule has 3 aliphatic rings. The number of anilines is 1. The average Bonchev–Trinajstić information content (AvgIpc) is 3.74. The number of aromatic nitrogens is 5. The zero-order valence-corrected chi connectivity index (χ0v) is 26.0. The number of rotatable bonds is 4. The van der Waals surface area contributed by atoms with Crippen molar-refractivity contribution in [3.63, 3.8) is 0 Å². The van der Waals surface area contributed by atoms with Gasteiger partial charge in [-0.05, 0) is 50.3 Å². The highest BCUT2D eigenvalue weighted by Gasteiger charge is 2.50. The van der Waals surface area contributed by atoms with Crippen LogP contribution >= 0.6 is 11.6 Å². The highest BCUT2D eigenvalue weighted by molar-refractivity contribution is 6.30. The Balaban J connectivity index is 0.000000450. The second-order valence-electron chi connectivity index (χ2n) is 11.4. The molecule has 11 heteroatoms. The summed E-state index contributed by atoms with van der Waals surface area (Å²) in [5.41, 5.74) is 4.76. The van der Waals surface area contributed by atoms with E-state index in [0.717, 1.165) is 66.7 Å². The predicted octanol–water partition coefficient (Wildman–Crippen LogP) is 6.70. The molecule has 3 fully saturated rings. The van der Waals surface area contributed by atoms with Crippen molar-refractivity contribution in [2.45, 2.75) is 71.4 Å². The molecule has 2 unspecified atom stereocenters. The number of hydrogen-bond donors (Lipinski definition) is 0. The van der Waals surface area contributed by atoms with Crippen LogP contribution in [0.5, 0.6) is 0 Å². The summed E-state index contributed by atoms with van der Waals surface area (Å²) in [6, 6.07) is 9.85. The van der Waals surface area contributed by atoms with Crippen LogP contribution in [0.2, 0.25) is 5.02 Å². The standard InChI is InChI=1S/C25H28ClF2N7.C4H8O.C2H6/c1-15-13-33(23(18-11-25(27,28)12-18)17-4-6-19(26)7-5-17)8-9-34(15)20-10-21-31-29-14-35(21)24-22(20)30-16(2)32(24)3;1-2-4-5-3-1;1-2/h4-7,10,14-15,18,23H,8-9,11-13H2,1-3H3;1-4H2;1-2H3. The number of pyridine rings is 1. The summed E-state index contributed by atoms with van der Waals surface area (Å²) in [6.45, 7) is 12.5. The van der Waals surface area contributed by atoms with Gasteiger partial charge in [0.25, 0.3) is 0 Å². The molecule has 4 aromatic rings. The number of hydrogen-bond acceptors (Lipinski definition) is 6. The second-order valence-corrected chi connectivity index (χ2v) is 11.8. The highest BCUT2D eigenvalue weighted by Crippen LogP contribution is 2.50. The lowest BCUT2D eigenvalue weighted by Crippen LogP contribution is -2.55. The fourth-order valence-corrected chi connectivity index (χ4v) is 6.57. The number of imidazole rings is 1. The van der Waals surface area contributed by atoms with Crippen molar-refractivity contribution in [1.82, 2.24) is 29.0 Å². The van der Waals surface area contributed by atoms with Crippen LogP contribution in [0.25, 0.3) is 16.8 Å². The Labute approximate surface area is 251 Å². The first-order valence-electron chi connectivity index (χ1n) is 15.1. The normalized spacial score (nSPS) is 21.4. The molecule has 0 bridgehead atoms. The van der Waals surface area contributed by atoms with Crippen molar-refractivity contribution in [1.29, 1.82) is 0 Å². The molecule has 1 aliphatic carbocycles. The number of piperazine rings is 1. The Bertz CT molecular complexity index is 1470. The fourth-order valence-electron chi connectivity index (χ4n) is 6.44. The maximum absolute atomic E-state index is 13.9. The molecule has 3 aromatic heterocycles. The number of benzene rings is 1. The van der Waals surface area contributed by atoms with Gasteiger partial charge in [-0.1, -0.05) is 37.6 Å². The lowest BCUT2D eigenvalue weighted by atomic mass is 9.73. The van der Waals surface area contributed by atoms with Crippen LogP contribution in [-0.4, -0.2) is 73.9 Å². The lowest BCUT2D eigenvalue weighted by Gasteiger charge is -2.49. The molecule has 0 amide bonds. The minimum Gasteiger partial charge on any atom is -0.381 e. The first kappa shape index (κ1) is 30.6. The van der Waals surface area contributed by atoms with E-state index in [1.54, 1.807) is 6.33 Å². The third-order valence-electron chi connectivity index (χ3n) is 8.57. The van der Waals surface area contributed by atoms with Gasteiger partial charge in [0, 0.05) is 75.9 Å². The van der Waals surface area contributed by atoms with Crippen molar-refractivity contribution in [3.8, 4) is 0 Å². The van der Waals surface area contributed by atoms with Crippen molar-refractivity contribution < 1.29 is 13.5 Å². The first-order chi connectivity index (χ1) is 20.2. The summed E-state index contributed by atoms with van der Waals surface area (Å²) in [4.78, 5) is 9.61. The van der Waals surface area contributed by atoms with E-state index < -0.39 is 5.92 Å². The van der Waals surface area contributed by atoms with Crippen LogP contribution in [-0.2, 0) is 11.8 Å². The number of halogens is 3. The van der Waals surface area contributed by atoms with E-state index in [4.69, 9.17) is 21.3 Å². The van der Waals surface area contributed by atoms with Crippen LogP contribution < -0.4 is 4.90 Å². The summed E-state index contributed by atoms with van der Waals surface area (Å²) in [6.07, 6.45) is 4.15. The van der Waals surface area contributed by atoms with Gasteiger partial charge in [0.05, 0.1) is 5.69 Å². The van der Waals surface area contributed by atoms with Gasteiger partial charge in [-0.15, -0.1) is 10.2 Å². The van der Waals surface area contributed by atoms with E-state index in [-0.39, 0.29) is 30.8 Å². The molecule has 2 aliphatic heterocycles. The van der Waals surface area contributed by atoms with Gasteiger partial charge in [-0.3, -0.25) is 9.30 Å². The van der Waals surface area contributed by atoms with Crippen molar-refractivity contribution >= 4 is 34.1 Å². The second kappa shape index (κ2) is 12.8. The maximum Gasteiger partial charge on any atom is 0.248 e. The molecular weight excluding hydrogens is 560 g/mol. The van der Waals surface area contributed by atoms with Crippen molar-refractivity contribution in [2.24, 2.45) is 13.0 Å². The quantitative estimate of drug-likeness (QED) is 0.259.